The summed E-state index contributed by atoms with van der Waals surface area (Å²) in [5, 5.41) is 7.10. The van der Waals surface area contributed by atoms with Crippen LogP contribution in [0.2, 0.25) is 0 Å². The van der Waals surface area contributed by atoms with E-state index in [1.165, 1.54) is 29.4 Å². The molecule has 2 N–H and O–H groups in total. The summed E-state index contributed by atoms with van der Waals surface area (Å²) in [7, 11) is 0. The van der Waals surface area contributed by atoms with Crippen LogP contribution in [0.3, 0.4) is 0 Å². The largest absolute Gasteiger partial charge is 0.316 e. The Morgan fingerprint density at radius 3 is 3.00 bits per heavy atom. The fraction of sp³-hybridized carbons (Fsp3) is 0.571. The summed E-state index contributed by atoms with van der Waals surface area (Å²) < 4.78 is 1.20. The number of benzene rings is 1. The van der Waals surface area contributed by atoms with Crippen molar-refractivity contribution in [3.8, 4) is 0 Å². The molecule has 2 unspecified atom stereocenters. The second-order valence-corrected chi connectivity index (χ2v) is 5.72. The average Bonchev–Trinajstić information content (AvgIpc) is 2.38. The van der Waals surface area contributed by atoms with Crippen molar-refractivity contribution in [1.29, 1.82) is 0 Å². The zero-order valence-corrected chi connectivity index (χ0v) is 12.0. The van der Waals surface area contributed by atoms with Gasteiger partial charge >= 0.3 is 0 Å². The molecule has 1 aromatic rings. The second-order valence-electron chi connectivity index (χ2n) is 4.86. The fourth-order valence-corrected chi connectivity index (χ4v) is 3.01. The lowest BCUT2D eigenvalue weighted by molar-refractivity contribution is 0.348. The van der Waals surface area contributed by atoms with Crippen LogP contribution in [0.15, 0.2) is 28.7 Å². The smallest absolute Gasteiger partial charge is 0.0303 e. The molecule has 0 saturated carbocycles. The highest BCUT2D eigenvalue weighted by molar-refractivity contribution is 9.10. The number of halogens is 1. The Kier molecular flexibility index (Phi) is 5.01. The van der Waals surface area contributed by atoms with Gasteiger partial charge in [-0.3, -0.25) is 0 Å². The summed E-state index contributed by atoms with van der Waals surface area (Å²) >= 11 is 3.61. The molecule has 0 radical (unpaired) electrons. The minimum absolute atomic E-state index is 0.410. The summed E-state index contributed by atoms with van der Waals surface area (Å²) in [6, 6.07) is 8.86. The van der Waals surface area contributed by atoms with Crippen molar-refractivity contribution in [1.82, 2.24) is 10.6 Å². The van der Waals surface area contributed by atoms with Crippen LogP contribution in [0.25, 0.3) is 0 Å². The molecule has 2 rings (SSSR count). The van der Waals surface area contributed by atoms with Gasteiger partial charge in [-0.15, -0.1) is 0 Å². The third-order valence-corrected chi connectivity index (χ3v) is 4.21. The lowest BCUT2D eigenvalue weighted by Crippen LogP contribution is -2.36. The van der Waals surface area contributed by atoms with Gasteiger partial charge in [-0.2, -0.15) is 0 Å². The van der Waals surface area contributed by atoms with Crippen LogP contribution in [-0.2, 0) is 0 Å². The first kappa shape index (κ1) is 13.1. The first-order valence-electron chi connectivity index (χ1n) is 6.46. The van der Waals surface area contributed by atoms with Crippen molar-refractivity contribution in [2.75, 3.05) is 19.6 Å². The van der Waals surface area contributed by atoms with Crippen LogP contribution in [0, 0.1) is 5.92 Å². The third-order valence-electron chi connectivity index (χ3n) is 3.48. The average molecular weight is 297 g/mol. The monoisotopic (exact) mass is 296 g/mol. The molecular weight excluding hydrogens is 276 g/mol. The molecule has 1 heterocycles. The number of hydrogen-bond donors (Lipinski definition) is 2. The molecule has 0 amide bonds. The third kappa shape index (κ3) is 3.80. The van der Waals surface area contributed by atoms with Gasteiger partial charge in [0.25, 0.3) is 0 Å². The normalized spacial score (nSPS) is 22.4. The molecule has 1 fully saturated rings. The van der Waals surface area contributed by atoms with Gasteiger partial charge in [0.2, 0.25) is 0 Å². The molecule has 1 aliphatic rings. The number of nitrogens with one attached hydrogen (secondary N) is 2. The fourth-order valence-electron chi connectivity index (χ4n) is 2.38. The maximum atomic E-state index is 3.64. The number of piperidine rings is 1. The lowest BCUT2D eigenvalue weighted by Gasteiger charge is -2.25. The number of hydrogen-bond acceptors (Lipinski definition) is 2. The highest BCUT2D eigenvalue weighted by Gasteiger charge is 2.14. The SMILES string of the molecule is CC(NCC1CCCNC1)c1ccccc1Br. The van der Waals surface area contributed by atoms with Gasteiger partial charge in [0.05, 0.1) is 0 Å². The molecule has 0 aliphatic carbocycles. The summed E-state index contributed by atoms with van der Waals surface area (Å²) in [4.78, 5) is 0. The van der Waals surface area contributed by atoms with E-state index in [0.29, 0.717) is 6.04 Å². The molecule has 3 heteroatoms. The van der Waals surface area contributed by atoms with Crippen LogP contribution >= 0.6 is 15.9 Å². The minimum Gasteiger partial charge on any atom is -0.316 e. The zero-order valence-electron chi connectivity index (χ0n) is 10.4. The van der Waals surface area contributed by atoms with Crippen molar-refractivity contribution in [3.05, 3.63) is 34.3 Å². The maximum Gasteiger partial charge on any atom is 0.0303 e. The molecular formula is C14H21BrN2. The van der Waals surface area contributed by atoms with Gasteiger partial charge in [-0.25, -0.2) is 0 Å². The summed E-state index contributed by atoms with van der Waals surface area (Å²) in [6.45, 7) is 5.69. The topological polar surface area (TPSA) is 24.1 Å². The van der Waals surface area contributed by atoms with Crippen LogP contribution in [0.4, 0.5) is 0 Å². The number of rotatable bonds is 4. The summed E-state index contributed by atoms with van der Waals surface area (Å²) in [5.41, 5.74) is 1.34. The zero-order chi connectivity index (χ0) is 12.1. The van der Waals surface area contributed by atoms with Gasteiger partial charge in [-0.1, -0.05) is 34.1 Å². The van der Waals surface area contributed by atoms with Crippen LogP contribution in [-0.4, -0.2) is 19.6 Å². The highest BCUT2D eigenvalue weighted by Crippen LogP contribution is 2.23. The highest BCUT2D eigenvalue weighted by atomic mass is 79.9. The predicted octanol–water partition coefficient (Wildman–Crippen LogP) is 3.10. The Morgan fingerprint density at radius 2 is 2.29 bits per heavy atom. The Morgan fingerprint density at radius 1 is 1.47 bits per heavy atom. The van der Waals surface area contributed by atoms with Gasteiger partial charge < -0.3 is 10.6 Å². The first-order chi connectivity index (χ1) is 8.27. The van der Waals surface area contributed by atoms with E-state index in [0.717, 1.165) is 19.0 Å². The molecule has 1 aliphatic heterocycles. The van der Waals surface area contributed by atoms with Crippen molar-refractivity contribution in [3.63, 3.8) is 0 Å². The lowest BCUT2D eigenvalue weighted by atomic mass is 9.99. The first-order valence-corrected chi connectivity index (χ1v) is 7.25. The molecule has 2 atom stereocenters. The predicted molar refractivity (Wildman–Crippen MR) is 76.2 cm³/mol. The van der Waals surface area contributed by atoms with E-state index >= 15 is 0 Å². The molecule has 17 heavy (non-hydrogen) atoms. The maximum absolute atomic E-state index is 3.64. The van der Waals surface area contributed by atoms with E-state index in [2.05, 4.69) is 57.8 Å². The Bertz CT molecular complexity index is 348. The van der Waals surface area contributed by atoms with Crippen molar-refractivity contribution >= 4 is 15.9 Å². The van der Waals surface area contributed by atoms with E-state index in [9.17, 15) is 0 Å². The Labute approximate surface area is 112 Å². The minimum atomic E-state index is 0.410. The van der Waals surface area contributed by atoms with Gasteiger partial charge in [0, 0.05) is 10.5 Å². The van der Waals surface area contributed by atoms with E-state index in [-0.39, 0.29) is 0 Å². The summed E-state index contributed by atoms with van der Waals surface area (Å²) in [5.74, 6) is 0.786. The second kappa shape index (κ2) is 6.53. The molecule has 2 nitrogen and oxygen atoms in total. The molecule has 1 aromatic carbocycles. The van der Waals surface area contributed by atoms with E-state index in [1.54, 1.807) is 0 Å². The van der Waals surface area contributed by atoms with E-state index < -0.39 is 0 Å². The van der Waals surface area contributed by atoms with Gasteiger partial charge in [0.1, 0.15) is 0 Å². The quantitative estimate of drug-likeness (QED) is 0.892. The Hall–Kier alpha value is -0.380. The van der Waals surface area contributed by atoms with Crippen molar-refractivity contribution in [2.45, 2.75) is 25.8 Å². The van der Waals surface area contributed by atoms with Crippen LogP contribution in [0.1, 0.15) is 31.4 Å². The van der Waals surface area contributed by atoms with Gasteiger partial charge in [0.15, 0.2) is 0 Å². The van der Waals surface area contributed by atoms with Crippen LogP contribution < -0.4 is 10.6 Å². The van der Waals surface area contributed by atoms with E-state index in [1.807, 2.05) is 0 Å². The van der Waals surface area contributed by atoms with Crippen molar-refractivity contribution < 1.29 is 0 Å². The molecule has 0 bridgehead atoms. The molecule has 0 aromatic heterocycles. The molecule has 1 saturated heterocycles. The Balaban J connectivity index is 1.84. The van der Waals surface area contributed by atoms with Crippen LogP contribution in [0.5, 0.6) is 0 Å². The van der Waals surface area contributed by atoms with Crippen molar-refractivity contribution in [2.24, 2.45) is 5.92 Å². The van der Waals surface area contributed by atoms with Gasteiger partial charge in [-0.05, 0) is 56.9 Å². The van der Waals surface area contributed by atoms with E-state index in [4.69, 9.17) is 0 Å². The standard InChI is InChI=1S/C14H21BrN2/c1-11(13-6-2-3-7-14(13)15)17-10-12-5-4-8-16-9-12/h2-3,6-7,11-12,16-17H,4-5,8-10H2,1H3. The summed E-state index contributed by atoms with van der Waals surface area (Å²) in [6.07, 6.45) is 2.67. The molecule has 0 spiro atoms. The molecule has 94 valence electrons.